The summed E-state index contributed by atoms with van der Waals surface area (Å²) in [5, 5.41) is 7.67. The number of carbonyl (C=O) groups excluding carboxylic acids is 3. The Hall–Kier alpha value is -2.89. The largest absolute Gasteiger partial charge is 0.345 e. The van der Waals surface area contributed by atoms with E-state index in [-0.39, 0.29) is 36.6 Å². The summed E-state index contributed by atoms with van der Waals surface area (Å²) >= 11 is 0. The molecule has 0 saturated heterocycles. The Morgan fingerprint density at radius 1 is 0.966 bits per heavy atom. The van der Waals surface area contributed by atoms with Crippen molar-refractivity contribution in [1.29, 1.82) is 0 Å². The molecule has 0 fully saturated rings. The van der Waals surface area contributed by atoms with Crippen molar-refractivity contribution < 1.29 is 14.4 Å². The summed E-state index contributed by atoms with van der Waals surface area (Å²) in [6, 6.07) is 13.2. The fraction of sp³-hybridized carbons (Fsp3) is 0.435. The Bertz CT molecular complexity index is 859. The number of hydrogen-bond acceptors (Lipinski definition) is 3. The van der Waals surface area contributed by atoms with Gasteiger partial charge in [-0.05, 0) is 36.1 Å². The van der Waals surface area contributed by atoms with Gasteiger partial charge in [0.15, 0.2) is 0 Å². The molecule has 156 valence electrons. The van der Waals surface area contributed by atoms with Crippen LogP contribution >= 0.6 is 0 Å². The van der Waals surface area contributed by atoms with Gasteiger partial charge in [-0.25, -0.2) is 0 Å². The van der Waals surface area contributed by atoms with Gasteiger partial charge in [0.2, 0.25) is 17.7 Å². The lowest BCUT2D eigenvalue weighted by Gasteiger charge is -2.23. The van der Waals surface area contributed by atoms with Crippen LogP contribution in [-0.2, 0) is 20.8 Å². The second-order valence-electron chi connectivity index (χ2n) is 7.43. The fourth-order valence-corrected chi connectivity index (χ4v) is 3.25. The molecule has 2 aromatic rings. The SMILES string of the molecule is CCN(CC)C(=O)CNC(=O)C(NC(=O)Cc1ccc2ccccc2c1)C(C)C. The predicted molar refractivity (Wildman–Crippen MR) is 115 cm³/mol. The Morgan fingerprint density at radius 2 is 1.62 bits per heavy atom. The van der Waals surface area contributed by atoms with E-state index in [2.05, 4.69) is 10.6 Å². The van der Waals surface area contributed by atoms with E-state index in [0.717, 1.165) is 16.3 Å². The molecule has 0 heterocycles. The van der Waals surface area contributed by atoms with Gasteiger partial charge in [-0.1, -0.05) is 56.3 Å². The molecule has 2 aromatic carbocycles. The zero-order valence-corrected chi connectivity index (χ0v) is 17.7. The van der Waals surface area contributed by atoms with Crippen LogP contribution in [0.25, 0.3) is 10.8 Å². The predicted octanol–water partition coefficient (Wildman–Crippen LogP) is 2.51. The highest BCUT2D eigenvalue weighted by Crippen LogP contribution is 2.16. The molecule has 1 unspecified atom stereocenters. The average molecular weight is 398 g/mol. The van der Waals surface area contributed by atoms with Gasteiger partial charge < -0.3 is 15.5 Å². The van der Waals surface area contributed by atoms with Crippen molar-refractivity contribution in [2.75, 3.05) is 19.6 Å². The molecular formula is C23H31N3O3. The lowest BCUT2D eigenvalue weighted by molar-refractivity contribution is -0.134. The molecule has 29 heavy (non-hydrogen) atoms. The van der Waals surface area contributed by atoms with Gasteiger partial charge in [-0.3, -0.25) is 14.4 Å². The van der Waals surface area contributed by atoms with E-state index in [1.807, 2.05) is 70.2 Å². The van der Waals surface area contributed by atoms with Crippen LogP contribution in [0, 0.1) is 5.92 Å². The van der Waals surface area contributed by atoms with Crippen LogP contribution in [0.1, 0.15) is 33.3 Å². The summed E-state index contributed by atoms with van der Waals surface area (Å²) in [6.45, 7) is 8.66. The maximum absolute atomic E-state index is 12.6. The average Bonchev–Trinajstić information content (AvgIpc) is 2.70. The quantitative estimate of drug-likeness (QED) is 0.682. The third-order valence-corrected chi connectivity index (χ3v) is 4.97. The summed E-state index contributed by atoms with van der Waals surface area (Å²) in [6.07, 6.45) is 0.194. The molecule has 3 amide bonds. The topological polar surface area (TPSA) is 78.5 Å². The number of carbonyl (C=O) groups is 3. The number of hydrogen-bond donors (Lipinski definition) is 2. The minimum atomic E-state index is -0.688. The monoisotopic (exact) mass is 397 g/mol. The van der Waals surface area contributed by atoms with Crippen LogP contribution in [0.15, 0.2) is 42.5 Å². The molecule has 6 nitrogen and oxygen atoms in total. The van der Waals surface area contributed by atoms with Gasteiger partial charge >= 0.3 is 0 Å². The first-order valence-electron chi connectivity index (χ1n) is 10.2. The van der Waals surface area contributed by atoms with E-state index in [1.54, 1.807) is 4.90 Å². The highest BCUT2D eigenvalue weighted by molar-refractivity contribution is 5.91. The van der Waals surface area contributed by atoms with E-state index in [4.69, 9.17) is 0 Å². The number of nitrogens with zero attached hydrogens (tertiary/aromatic N) is 1. The molecular weight excluding hydrogens is 366 g/mol. The molecule has 6 heteroatoms. The normalized spacial score (nSPS) is 11.9. The van der Waals surface area contributed by atoms with Crippen molar-refractivity contribution in [3.63, 3.8) is 0 Å². The van der Waals surface area contributed by atoms with Crippen molar-refractivity contribution in [3.05, 3.63) is 48.0 Å². The van der Waals surface area contributed by atoms with Crippen LogP contribution in [0.4, 0.5) is 0 Å². The second-order valence-corrected chi connectivity index (χ2v) is 7.43. The van der Waals surface area contributed by atoms with E-state index in [9.17, 15) is 14.4 Å². The molecule has 0 saturated carbocycles. The first-order valence-corrected chi connectivity index (χ1v) is 10.2. The van der Waals surface area contributed by atoms with Gasteiger partial charge in [0, 0.05) is 13.1 Å². The highest BCUT2D eigenvalue weighted by atomic mass is 16.2. The summed E-state index contributed by atoms with van der Waals surface area (Å²) in [7, 11) is 0. The lowest BCUT2D eigenvalue weighted by atomic mass is 10.0. The highest BCUT2D eigenvalue weighted by Gasteiger charge is 2.25. The summed E-state index contributed by atoms with van der Waals surface area (Å²) in [4.78, 5) is 38.8. The number of rotatable bonds is 9. The van der Waals surface area contributed by atoms with E-state index < -0.39 is 6.04 Å². The molecule has 2 rings (SSSR count). The van der Waals surface area contributed by atoms with E-state index in [1.165, 1.54) is 0 Å². The Morgan fingerprint density at radius 3 is 2.24 bits per heavy atom. The lowest BCUT2D eigenvalue weighted by Crippen LogP contribution is -2.52. The van der Waals surface area contributed by atoms with Crippen LogP contribution < -0.4 is 10.6 Å². The minimum absolute atomic E-state index is 0.0652. The zero-order valence-electron chi connectivity index (χ0n) is 17.7. The molecule has 0 aromatic heterocycles. The number of amides is 3. The Kier molecular flexibility index (Phi) is 8.19. The standard InChI is InChI=1S/C23H31N3O3/c1-5-26(6-2)21(28)15-24-23(29)22(16(3)4)25-20(27)14-17-11-12-18-9-7-8-10-19(18)13-17/h7-13,16,22H,5-6,14-15H2,1-4H3,(H,24,29)(H,25,27). The number of benzene rings is 2. The maximum atomic E-state index is 12.6. The van der Waals surface area contributed by atoms with E-state index >= 15 is 0 Å². The number of fused-ring (bicyclic) bond motifs is 1. The van der Waals surface area contributed by atoms with Crippen LogP contribution in [0.3, 0.4) is 0 Å². The number of nitrogens with one attached hydrogen (secondary N) is 2. The van der Waals surface area contributed by atoms with Crippen molar-refractivity contribution in [1.82, 2.24) is 15.5 Å². The molecule has 0 aliphatic heterocycles. The first-order chi connectivity index (χ1) is 13.8. The molecule has 0 spiro atoms. The van der Waals surface area contributed by atoms with Gasteiger partial charge in [0.25, 0.3) is 0 Å². The third kappa shape index (κ3) is 6.31. The number of likely N-dealkylation sites (N-methyl/N-ethyl adjacent to an activating group) is 1. The van der Waals surface area contributed by atoms with Gasteiger partial charge in [0.05, 0.1) is 13.0 Å². The first kappa shape index (κ1) is 22.4. The smallest absolute Gasteiger partial charge is 0.243 e. The van der Waals surface area contributed by atoms with Crippen LogP contribution in [-0.4, -0.2) is 48.3 Å². The Balaban J connectivity index is 1.96. The molecule has 2 N–H and O–H groups in total. The van der Waals surface area contributed by atoms with Crippen LogP contribution in [0.2, 0.25) is 0 Å². The van der Waals surface area contributed by atoms with Crippen molar-refractivity contribution in [2.24, 2.45) is 5.92 Å². The summed E-state index contributed by atoms with van der Waals surface area (Å²) < 4.78 is 0. The van der Waals surface area contributed by atoms with Gasteiger partial charge in [-0.2, -0.15) is 0 Å². The second kappa shape index (κ2) is 10.6. The molecule has 1 atom stereocenters. The molecule has 0 aliphatic rings. The van der Waals surface area contributed by atoms with E-state index in [0.29, 0.717) is 13.1 Å². The van der Waals surface area contributed by atoms with Gasteiger partial charge in [0.1, 0.15) is 6.04 Å². The molecule has 0 bridgehead atoms. The van der Waals surface area contributed by atoms with Crippen molar-refractivity contribution >= 4 is 28.5 Å². The summed E-state index contributed by atoms with van der Waals surface area (Å²) in [5.74, 6) is -0.788. The molecule has 0 radical (unpaired) electrons. The fourth-order valence-electron chi connectivity index (χ4n) is 3.25. The molecule has 0 aliphatic carbocycles. The third-order valence-electron chi connectivity index (χ3n) is 4.97. The zero-order chi connectivity index (χ0) is 21.4. The van der Waals surface area contributed by atoms with Crippen molar-refractivity contribution in [3.8, 4) is 0 Å². The maximum Gasteiger partial charge on any atom is 0.243 e. The van der Waals surface area contributed by atoms with Crippen molar-refractivity contribution in [2.45, 2.75) is 40.2 Å². The van der Waals surface area contributed by atoms with Gasteiger partial charge in [-0.15, -0.1) is 0 Å². The summed E-state index contributed by atoms with van der Waals surface area (Å²) in [5.41, 5.74) is 0.890. The minimum Gasteiger partial charge on any atom is -0.345 e. The Labute approximate surface area is 172 Å². The van der Waals surface area contributed by atoms with Crippen LogP contribution in [0.5, 0.6) is 0 Å².